The lowest BCUT2D eigenvalue weighted by molar-refractivity contribution is 0.00490. The van der Waals surface area contributed by atoms with Gasteiger partial charge in [-0.2, -0.15) is 0 Å². The third kappa shape index (κ3) is 1.59. The summed E-state index contributed by atoms with van der Waals surface area (Å²) in [5.41, 5.74) is 5.54. The van der Waals surface area contributed by atoms with E-state index in [1.165, 1.54) is 0 Å². The standard InChI is InChI=1S/C8H13F2N/c1-6(2)7(11)3-4-8(9,10)5-7/h1,3-5,11H2,2H3. The van der Waals surface area contributed by atoms with Crippen molar-refractivity contribution in [2.75, 3.05) is 0 Å². The average Bonchev–Trinajstić information content (AvgIpc) is 2.08. The first-order valence-electron chi connectivity index (χ1n) is 3.68. The Labute approximate surface area is 65.3 Å². The van der Waals surface area contributed by atoms with Crippen LogP contribution in [0.3, 0.4) is 0 Å². The first kappa shape index (κ1) is 8.65. The van der Waals surface area contributed by atoms with Crippen LogP contribution in [-0.2, 0) is 0 Å². The average molecular weight is 161 g/mol. The van der Waals surface area contributed by atoms with Crippen molar-refractivity contribution in [1.29, 1.82) is 0 Å². The van der Waals surface area contributed by atoms with Gasteiger partial charge in [0.1, 0.15) is 0 Å². The molecule has 1 unspecified atom stereocenters. The Balaban J connectivity index is 2.73. The van der Waals surface area contributed by atoms with E-state index in [1.54, 1.807) is 6.92 Å². The monoisotopic (exact) mass is 161 g/mol. The molecule has 0 amide bonds. The van der Waals surface area contributed by atoms with Crippen molar-refractivity contribution < 1.29 is 8.78 Å². The van der Waals surface area contributed by atoms with Crippen LogP contribution < -0.4 is 5.73 Å². The van der Waals surface area contributed by atoms with Gasteiger partial charge in [0.25, 0.3) is 0 Å². The van der Waals surface area contributed by atoms with Crippen LogP contribution in [0.5, 0.6) is 0 Å². The second-order valence-electron chi connectivity index (χ2n) is 3.47. The normalized spacial score (nSPS) is 35.6. The molecule has 0 saturated heterocycles. The number of rotatable bonds is 1. The highest BCUT2D eigenvalue weighted by molar-refractivity contribution is 5.17. The Hall–Kier alpha value is -0.440. The summed E-state index contributed by atoms with van der Waals surface area (Å²) in [4.78, 5) is 0. The predicted molar refractivity (Wildman–Crippen MR) is 40.5 cm³/mol. The molecule has 1 atom stereocenters. The Kier molecular flexibility index (Phi) is 1.79. The fourth-order valence-corrected chi connectivity index (χ4v) is 1.41. The van der Waals surface area contributed by atoms with Crippen LogP contribution in [-0.4, -0.2) is 11.5 Å². The second-order valence-corrected chi connectivity index (χ2v) is 3.47. The zero-order valence-electron chi connectivity index (χ0n) is 6.66. The van der Waals surface area contributed by atoms with Crippen LogP contribution in [0.15, 0.2) is 12.2 Å². The summed E-state index contributed by atoms with van der Waals surface area (Å²) in [6.07, 6.45) is 0.0149. The lowest BCUT2D eigenvalue weighted by Crippen LogP contribution is -2.38. The van der Waals surface area contributed by atoms with Gasteiger partial charge in [0.15, 0.2) is 0 Å². The molecule has 64 valence electrons. The minimum atomic E-state index is -2.58. The molecule has 2 N–H and O–H groups in total. The topological polar surface area (TPSA) is 26.0 Å². The molecule has 1 aliphatic carbocycles. The van der Waals surface area contributed by atoms with E-state index in [0.717, 1.165) is 0 Å². The van der Waals surface area contributed by atoms with E-state index in [-0.39, 0.29) is 12.8 Å². The summed E-state index contributed by atoms with van der Waals surface area (Å²) in [6.45, 7) is 5.33. The zero-order valence-corrected chi connectivity index (χ0v) is 6.66. The number of hydrogen-bond acceptors (Lipinski definition) is 1. The first-order chi connectivity index (χ1) is 4.86. The quantitative estimate of drug-likeness (QED) is 0.585. The number of nitrogens with two attached hydrogens (primary N) is 1. The van der Waals surface area contributed by atoms with E-state index in [4.69, 9.17) is 5.73 Å². The van der Waals surface area contributed by atoms with Crippen LogP contribution in [0.25, 0.3) is 0 Å². The maximum atomic E-state index is 12.7. The molecule has 11 heavy (non-hydrogen) atoms. The molecule has 0 aromatic heterocycles. The highest BCUT2D eigenvalue weighted by Gasteiger charge is 2.47. The Morgan fingerprint density at radius 3 is 2.18 bits per heavy atom. The Bertz CT molecular complexity index is 189. The number of alkyl halides is 2. The van der Waals surface area contributed by atoms with E-state index < -0.39 is 11.5 Å². The molecule has 0 bridgehead atoms. The molecule has 0 heterocycles. The van der Waals surface area contributed by atoms with Gasteiger partial charge in [-0.05, 0) is 13.3 Å². The second kappa shape index (κ2) is 2.27. The van der Waals surface area contributed by atoms with Crippen LogP contribution >= 0.6 is 0 Å². The third-order valence-electron chi connectivity index (χ3n) is 2.36. The summed E-state index contributed by atoms with van der Waals surface area (Å²) in [5, 5.41) is 0. The molecule has 1 aliphatic rings. The van der Waals surface area contributed by atoms with Crippen molar-refractivity contribution >= 4 is 0 Å². The molecular formula is C8H13F2N. The van der Waals surface area contributed by atoms with Gasteiger partial charge in [0.05, 0.1) is 0 Å². The van der Waals surface area contributed by atoms with Gasteiger partial charge in [-0.25, -0.2) is 8.78 Å². The molecule has 1 rings (SSSR count). The van der Waals surface area contributed by atoms with Crippen LogP contribution in [0.4, 0.5) is 8.78 Å². The number of halogens is 2. The molecule has 1 fully saturated rings. The smallest absolute Gasteiger partial charge is 0.250 e. The van der Waals surface area contributed by atoms with Crippen molar-refractivity contribution in [2.45, 2.75) is 37.6 Å². The van der Waals surface area contributed by atoms with Crippen molar-refractivity contribution in [2.24, 2.45) is 5.73 Å². The molecular weight excluding hydrogens is 148 g/mol. The molecule has 1 saturated carbocycles. The van der Waals surface area contributed by atoms with Crippen molar-refractivity contribution in [3.63, 3.8) is 0 Å². The van der Waals surface area contributed by atoms with Crippen molar-refractivity contribution in [1.82, 2.24) is 0 Å². The summed E-state index contributed by atoms with van der Waals surface area (Å²) in [5.74, 6) is -2.58. The first-order valence-corrected chi connectivity index (χ1v) is 3.68. The molecule has 0 radical (unpaired) electrons. The van der Waals surface area contributed by atoms with Crippen LogP contribution in [0, 0.1) is 0 Å². The number of hydrogen-bond donors (Lipinski definition) is 1. The van der Waals surface area contributed by atoms with Crippen LogP contribution in [0.1, 0.15) is 26.2 Å². The minimum absolute atomic E-state index is 0.101. The molecule has 0 aromatic carbocycles. The lowest BCUT2D eigenvalue weighted by atomic mass is 9.91. The van der Waals surface area contributed by atoms with Crippen LogP contribution in [0.2, 0.25) is 0 Å². The van der Waals surface area contributed by atoms with Gasteiger partial charge in [-0.15, -0.1) is 0 Å². The van der Waals surface area contributed by atoms with Crippen molar-refractivity contribution in [3.05, 3.63) is 12.2 Å². The van der Waals surface area contributed by atoms with Gasteiger partial charge in [-0.3, -0.25) is 0 Å². The fourth-order valence-electron chi connectivity index (χ4n) is 1.41. The fraction of sp³-hybridized carbons (Fsp3) is 0.750. The molecule has 0 spiro atoms. The maximum absolute atomic E-state index is 12.7. The maximum Gasteiger partial charge on any atom is 0.250 e. The summed E-state index contributed by atoms with van der Waals surface area (Å²) >= 11 is 0. The third-order valence-corrected chi connectivity index (χ3v) is 2.36. The lowest BCUT2D eigenvalue weighted by Gasteiger charge is -2.23. The summed E-state index contributed by atoms with van der Waals surface area (Å²) in [7, 11) is 0. The van der Waals surface area contributed by atoms with Gasteiger partial charge in [0.2, 0.25) is 5.92 Å². The van der Waals surface area contributed by atoms with E-state index in [2.05, 4.69) is 6.58 Å². The van der Waals surface area contributed by atoms with Gasteiger partial charge >= 0.3 is 0 Å². The highest BCUT2D eigenvalue weighted by atomic mass is 19.3. The molecule has 1 nitrogen and oxygen atoms in total. The minimum Gasteiger partial charge on any atom is -0.321 e. The van der Waals surface area contributed by atoms with Crippen molar-refractivity contribution in [3.8, 4) is 0 Å². The molecule has 0 aliphatic heterocycles. The van der Waals surface area contributed by atoms with E-state index in [1.807, 2.05) is 0 Å². The van der Waals surface area contributed by atoms with E-state index in [0.29, 0.717) is 12.0 Å². The predicted octanol–water partition coefficient (Wildman–Crippen LogP) is 2.08. The molecule has 3 heteroatoms. The zero-order chi connectivity index (χ0) is 8.70. The van der Waals surface area contributed by atoms with E-state index >= 15 is 0 Å². The summed E-state index contributed by atoms with van der Waals surface area (Å²) < 4.78 is 25.4. The Morgan fingerprint density at radius 1 is 1.45 bits per heavy atom. The van der Waals surface area contributed by atoms with Gasteiger partial charge in [-0.1, -0.05) is 12.2 Å². The largest absolute Gasteiger partial charge is 0.321 e. The summed E-state index contributed by atoms with van der Waals surface area (Å²) in [6, 6.07) is 0. The molecule has 0 aromatic rings. The van der Waals surface area contributed by atoms with Gasteiger partial charge < -0.3 is 5.73 Å². The Morgan fingerprint density at radius 2 is 2.00 bits per heavy atom. The van der Waals surface area contributed by atoms with E-state index in [9.17, 15) is 8.78 Å². The van der Waals surface area contributed by atoms with Gasteiger partial charge in [0, 0.05) is 18.4 Å². The SMILES string of the molecule is C=C(C)C1(N)CCC(F)(F)C1. The highest BCUT2D eigenvalue weighted by Crippen LogP contribution is 2.42.